The van der Waals surface area contributed by atoms with Gasteiger partial charge in [-0.25, -0.2) is 4.98 Å². The van der Waals surface area contributed by atoms with E-state index in [1.165, 1.54) is 11.1 Å². The van der Waals surface area contributed by atoms with E-state index in [-0.39, 0.29) is 5.91 Å². The number of primary amides is 1. The van der Waals surface area contributed by atoms with E-state index in [1.54, 1.807) is 20.4 Å². The molecule has 1 fully saturated rings. The Bertz CT molecular complexity index is 1400. The van der Waals surface area contributed by atoms with E-state index in [2.05, 4.69) is 42.5 Å². The molecule has 4 N–H and O–H groups in total. The number of benzene rings is 2. The van der Waals surface area contributed by atoms with E-state index in [9.17, 15) is 4.79 Å². The minimum Gasteiger partial charge on any atom is -0.495 e. The number of aromatic nitrogens is 2. The zero-order chi connectivity index (χ0) is 29.5. The van der Waals surface area contributed by atoms with Crippen molar-refractivity contribution >= 4 is 46.3 Å². The number of hydrogen-bond acceptors (Lipinski definition) is 10. The molecule has 1 aromatic heterocycles. The molecule has 11 nitrogen and oxygen atoms in total. The van der Waals surface area contributed by atoms with E-state index in [0.29, 0.717) is 47.9 Å². The summed E-state index contributed by atoms with van der Waals surface area (Å²) in [6.07, 6.45) is 4.54. The topological polar surface area (TPSA) is 127 Å². The third-order valence-electron chi connectivity index (χ3n) is 7.62. The Balaban J connectivity index is 1.31. The van der Waals surface area contributed by atoms with Crippen molar-refractivity contribution in [2.24, 2.45) is 5.73 Å². The zero-order valence-electron chi connectivity index (χ0n) is 24.1. The summed E-state index contributed by atoms with van der Waals surface area (Å²) in [5.41, 5.74) is 10.4. The maximum absolute atomic E-state index is 11.1. The van der Waals surface area contributed by atoms with Crippen molar-refractivity contribution in [3.05, 3.63) is 52.7 Å². The van der Waals surface area contributed by atoms with Crippen LogP contribution >= 0.6 is 11.6 Å². The first-order valence-corrected chi connectivity index (χ1v) is 14.6. The van der Waals surface area contributed by atoms with Crippen LogP contribution in [0.4, 0.5) is 28.8 Å². The lowest BCUT2D eigenvalue weighted by molar-refractivity contribution is -0.118. The largest absolute Gasteiger partial charge is 0.495 e. The number of amides is 1. The molecule has 3 aromatic rings. The van der Waals surface area contributed by atoms with Crippen LogP contribution < -0.4 is 30.7 Å². The number of anilines is 5. The van der Waals surface area contributed by atoms with Gasteiger partial charge >= 0.3 is 0 Å². The highest BCUT2D eigenvalue weighted by atomic mass is 35.5. The fourth-order valence-corrected chi connectivity index (χ4v) is 5.47. The molecule has 2 aromatic carbocycles. The van der Waals surface area contributed by atoms with Crippen molar-refractivity contribution in [1.29, 1.82) is 0 Å². The van der Waals surface area contributed by atoms with Crippen LogP contribution in [0.3, 0.4) is 0 Å². The zero-order valence-corrected chi connectivity index (χ0v) is 24.9. The first kappa shape index (κ1) is 29.7. The number of morpholine rings is 1. The lowest BCUT2D eigenvalue weighted by atomic mass is 10.0. The van der Waals surface area contributed by atoms with Gasteiger partial charge in [0.05, 0.1) is 45.0 Å². The second kappa shape index (κ2) is 13.9. The number of ether oxygens (including phenoxy) is 3. The molecule has 0 unspecified atom stereocenters. The van der Waals surface area contributed by atoms with Crippen LogP contribution in [-0.2, 0) is 22.4 Å². The van der Waals surface area contributed by atoms with Gasteiger partial charge in [0.25, 0.3) is 0 Å². The van der Waals surface area contributed by atoms with Crippen molar-refractivity contribution in [3.8, 4) is 11.5 Å². The van der Waals surface area contributed by atoms with Crippen LogP contribution in [0.25, 0.3) is 0 Å². The molecule has 2 aliphatic heterocycles. The third kappa shape index (κ3) is 7.33. The van der Waals surface area contributed by atoms with Crippen LogP contribution in [0.1, 0.15) is 24.0 Å². The van der Waals surface area contributed by atoms with Crippen LogP contribution in [0.2, 0.25) is 5.02 Å². The number of nitrogens with two attached hydrogens (primary N) is 1. The maximum atomic E-state index is 11.1. The lowest BCUT2D eigenvalue weighted by Gasteiger charge is -2.29. The molecule has 0 saturated carbocycles. The predicted octanol–water partition coefficient (Wildman–Crippen LogP) is 4.14. The molecule has 2 aliphatic rings. The van der Waals surface area contributed by atoms with Crippen molar-refractivity contribution in [2.45, 2.75) is 25.7 Å². The Morgan fingerprint density at radius 2 is 1.71 bits per heavy atom. The van der Waals surface area contributed by atoms with Crippen molar-refractivity contribution < 1.29 is 19.0 Å². The Labute approximate surface area is 251 Å². The van der Waals surface area contributed by atoms with Gasteiger partial charge in [-0.05, 0) is 61.2 Å². The van der Waals surface area contributed by atoms with Crippen molar-refractivity contribution in [1.82, 2.24) is 14.9 Å². The summed E-state index contributed by atoms with van der Waals surface area (Å²) in [5.74, 6) is 1.97. The summed E-state index contributed by atoms with van der Waals surface area (Å²) in [5, 5.41) is 7.01. The predicted molar refractivity (Wildman–Crippen MR) is 165 cm³/mol. The summed E-state index contributed by atoms with van der Waals surface area (Å²) < 4.78 is 16.9. The average molecular weight is 596 g/mol. The SMILES string of the molecule is COc1cc2c(cc1Nc1ncc(Cl)c(Nc3ccc(N4CCOCC4)cc3OC)n1)CCN(CCCC(N)=O)CC2. The van der Waals surface area contributed by atoms with Crippen LogP contribution in [0.15, 0.2) is 36.5 Å². The van der Waals surface area contributed by atoms with E-state index in [1.807, 2.05) is 18.2 Å². The summed E-state index contributed by atoms with van der Waals surface area (Å²) in [4.78, 5) is 24.9. The molecule has 0 aliphatic carbocycles. The van der Waals surface area contributed by atoms with Gasteiger partial charge < -0.3 is 40.4 Å². The second-order valence-electron chi connectivity index (χ2n) is 10.4. The van der Waals surface area contributed by atoms with Gasteiger partial charge in [-0.3, -0.25) is 4.79 Å². The van der Waals surface area contributed by atoms with Gasteiger partial charge in [0.2, 0.25) is 11.9 Å². The first-order chi connectivity index (χ1) is 20.4. The number of nitrogens with zero attached hydrogens (tertiary/aromatic N) is 4. The van der Waals surface area contributed by atoms with Crippen molar-refractivity contribution in [2.75, 3.05) is 75.7 Å². The molecule has 1 saturated heterocycles. The summed E-state index contributed by atoms with van der Waals surface area (Å²) in [6.45, 7) is 5.78. The number of nitrogens with one attached hydrogen (secondary N) is 2. The molecule has 0 radical (unpaired) electrons. The van der Waals surface area contributed by atoms with Crippen LogP contribution in [0, 0.1) is 0 Å². The van der Waals surface area contributed by atoms with Gasteiger partial charge in [-0.2, -0.15) is 4.98 Å². The molecule has 3 heterocycles. The fraction of sp³-hybridized carbons (Fsp3) is 0.433. The number of carbonyl (C=O) groups is 1. The Morgan fingerprint density at radius 3 is 2.43 bits per heavy atom. The normalized spacial score (nSPS) is 15.5. The highest BCUT2D eigenvalue weighted by molar-refractivity contribution is 6.33. The Hall–Kier alpha value is -3.80. The minimum atomic E-state index is -0.253. The Kier molecular flexibility index (Phi) is 9.83. The number of rotatable bonds is 11. The van der Waals surface area contributed by atoms with Gasteiger partial charge in [0, 0.05) is 44.4 Å². The number of fused-ring (bicyclic) bond motifs is 1. The van der Waals surface area contributed by atoms with E-state index in [4.69, 9.17) is 31.5 Å². The molecule has 224 valence electrons. The molecule has 0 spiro atoms. The summed E-state index contributed by atoms with van der Waals surface area (Å²) >= 11 is 6.50. The average Bonchev–Trinajstić information content (AvgIpc) is 3.20. The molecule has 0 atom stereocenters. The van der Waals surface area contributed by atoms with E-state index in [0.717, 1.165) is 69.0 Å². The molecule has 5 rings (SSSR count). The molecule has 1 amide bonds. The fourth-order valence-electron chi connectivity index (χ4n) is 5.33. The minimum absolute atomic E-state index is 0.253. The lowest BCUT2D eigenvalue weighted by Crippen LogP contribution is -2.36. The smallest absolute Gasteiger partial charge is 0.229 e. The maximum Gasteiger partial charge on any atom is 0.229 e. The molecule has 12 heteroatoms. The van der Waals surface area contributed by atoms with Gasteiger partial charge in [-0.15, -0.1) is 0 Å². The summed E-state index contributed by atoms with van der Waals surface area (Å²) in [6, 6.07) is 10.2. The van der Waals surface area contributed by atoms with E-state index < -0.39 is 0 Å². The second-order valence-corrected chi connectivity index (χ2v) is 10.8. The highest BCUT2D eigenvalue weighted by Crippen LogP contribution is 2.36. The molecule has 42 heavy (non-hydrogen) atoms. The van der Waals surface area contributed by atoms with Crippen LogP contribution in [-0.4, -0.2) is 80.9 Å². The number of hydrogen-bond donors (Lipinski definition) is 3. The first-order valence-electron chi connectivity index (χ1n) is 14.2. The molecular weight excluding hydrogens is 558 g/mol. The van der Waals surface area contributed by atoms with Crippen molar-refractivity contribution in [3.63, 3.8) is 0 Å². The van der Waals surface area contributed by atoms with Gasteiger partial charge in [-0.1, -0.05) is 11.6 Å². The summed E-state index contributed by atoms with van der Waals surface area (Å²) in [7, 11) is 3.30. The highest BCUT2D eigenvalue weighted by Gasteiger charge is 2.19. The number of methoxy groups -OCH3 is 2. The van der Waals surface area contributed by atoms with E-state index >= 15 is 0 Å². The number of carbonyl (C=O) groups excluding carboxylic acids is 1. The van der Waals surface area contributed by atoms with Crippen LogP contribution in [0.5, 0.6) is 11.5 Å². The molecule has 0 bridgehead atoms. The standard InChI is InChI=1S/C30H38ClN7O4/c1-40-26-17-21-8-11-37(9-3-4-28(32)39)10-7-20(21)16-25(26)35-30-33-19-23(31)29(36-30)34-24-6-5-22(18-27(24)41-2)38-12-14-42-15-13-38/h5-6,16-19H,3-4,7-15H2,1-2H3,(H2,32,39)(H2,33,34,35,36). The molecular formula is C30H38ClN7O4. The van der Waals surface area contributed by atoms with Gasteiger partial charge in [0.1, 0.15) is 16.5 Å². The quantitative estimate of drug-likeness (QED) is 0.298. The number of halogens is 1. The van der Waals surface area contributed by atoms with Gasteiger partial charge in [0.15, 0.2) is 5.82 Å². The Morgan fingerprint density at radius 1 is 1.00 bits per heavy atom. The monoisotopic (exact) mass is 595 g/mol. The third-order valence-corrected chi connectivity index (χ3v) is 7.90.